The highest BCUT2D eigenvalue weighted by Gasteiger charge is 2.58. The number of nitrogens with zero attached hydrogens (tertiary/aromatic N) is 2. The van der Waals surface area contributed by atoms with Crippen LogP contribution in [0.2, 0.25) is 0 Å². The first-order valence-corrected chi connectivity index (χ1v) is 19.7. The van der Waals surface area contributed by atoms with Crippen LogP contribution < -0.4 is 9.80 Å². The van der Waals surface area contributed by atoms with E-state index in [2.05, 4.69) is 41.3 Å². The van der Waals surface area contributed by atoms with Crippen molar-refractivity contribution in [1.29, 1.82) is 0 Å². The molecule has 14 heteroatoms. The molecule has 0 spiro atoms. The summed E-state index contributed by atoms with van der Waals surface area (Å²) in [6.07, 6.45) is -16.6. The molecule has 0 saturated heterocycles. The summed E-state index contributed by atoms with van der Waals surface area (Å²) in [5.41, 5.74) is 1.91. The number of hydrogen-bond donors (Lipinski definition) is 0. The minimum Gasteiger partial charge on any atom is -0.310 e. The lowest BCUT2D eigenvalue weighted by molar-refractivity contribution is -0.370. The summed E-state index contributed by atoms with van der Waals surface area (Å²) in [5.74, 6) is 0. The maximum Gasteiger partial charge on any atom is 0.388 e. The molecule has 60 heavy (non-hydrogen) atoms. The Morgan fingerprint density at radius 1 is 0.317 bits per heavy atom. The lowest BCUT2D eigenvalue weighted by Gasteiger charge is -2.30. The SMILES string of the molecule is FC1(F)OC(F)(F)c2cc(-c3cccc(N(c4ccc(Br)cc4)c4cccc(N(c5ccc(Br)cc5)c5cccc(-c6ccc7c(c6)C(F)(F)OC7(F)F)c5)c4)c3)ccc21. The van der Waals surface area contributed by atoms with Crippen LogP contribution in [0.3, 0.4) is 0 Å². The van der Waals surface area contributed by atoms with Crippen molar-refractivity contribution in [2.45, 2.75) is 24.4 Å². The van der Waals surface area contributed by atoms with Gasteiger partial charge in [0.15, 0.2) is 0 Å². The summed E-state index contributed by atoms with van der Waals surface area (Å²) >= 11 is 6.99. The minimum absolute atomic E-state index is 0.274. The number of hydrogen-bond acceptors (Lipinski definition) is 4. The Hall–Kier alpha value is -5.54. The smallest absolute Gasteiger partial charge is 0.310 e. The monoisotopic (exact) mass is 948 g/mol. The zero-order chi connectivity index (χ0) is 42.2. The van der Waals surface area contributed by atoms with Crippen LogP contribution >= 0.6 is 31.9 Å². The van der Waals surface area contributed by atoms with Crippen LogP contribution in [0.15, 0.2) is 167 Å². The minimum atomic E-state index is -4.18. The van der Waals surface area contributed by atoms with Gasteiger partial charge in [-0.2, -0.15) is 35.1 Å². The van der Waals surface area contributed by atoms with Gasteiger partial charge in [-0.3, -0.25) is 0 Å². The Labute approximate surface area is 354 Å². The quantitative estimate of drug-likeness (QED) is 0.142. The van der Waals surface area contributed by atoms with Crippen molar-refractivity contribution >= 4 is 66.0 Å². The van der Waals surface area contributed by atoms with E-state index < -0.39 is 46.7 Å². The predicted octanol–water partition coefficient (Wildman–Crippen LogP) is 15.7. The van der Waals surface area contributed by atoms with Gasteiger partial charge in [-0.05, 0) is 138 Å². The van der Waals surface area contributed by atoms with E-state index in [4.69, 9.17) is 0 Å². The summed E-state index contributed by atoms with van der Waals surface area (Å²) in [4.78, 5) is 3.88. The van der Waals surface area contributed by atoms with Gasteiger partial charge < -0.3 is 9.80 Å². The first-order chi connectivity index (χ1) is 28.5. The molecule has 7 aromatic rings. The number of benzene rings is 7. The van der Waals surface area contributed by atoms with Crippen LogP contribution in [0, 0.1) is 0 Å². The number of rotatable bonds is 8. The zero-order valence-corrected chi connectivity index (χ0v) is 33.7. The zero-order valence-electron chi connectivity index (χ0n) is 30.5. The third kappa shape index (κ3) is 7.25. The molecule has 7 aromatic carbocycles. The molecule has 0 N–H and O–H groups in total. The van der Waals surface area contributed by atoms with E-state index in [0.717, 1.165) is 44.6 Å². The van der Waals surface area contributed by atoms with Crippen molar-refractivity contribution in [3.05, 3.63) is 189 Å². The van der Waals surface area contributed by atoms with E-state index >= 15 is 0 Å². The average molecular weight is 951 g/mol. The van der Waals surface area contributed by atoms with Crippen molar-refractivity contribution < 1.29 is 44.6 Å². The van der Waals surface area contributed by atoms with E-state index in [1.54, 1.807) is 36.4 Å². The van der Waals surface area contributed by atoms with E-state index in [-0.39, 0.29) is 11.1 Å². The van der Waals surface area contributed by atoms with Crippen LogP contribution in [0.4, 0.5) is 69.2 Å². The van der Waals surface area contributed by atoms with Gasteiger partial charge in [-0.25, -0.2) is 9.47 Å². The van der Waals surface area contributed by atoms with Gasteiger partial charge >= 0.3 is 24.4 Å². The van der Waals surface area contributed by atoms with E-state index in [1.165, 1.54) is 12.1 Å². The fourth-order valence-corrected chi connectivity index (χ4v) is 8.00. The molecule has 4 nitrogen and oxygen atoms in total. The maximum atomic E-state index is 14.6. The maximum absolute atomic E-state index is 14.6. The Kier molecular flexibility index (Phi) is 9.69. The lowest BCUT2D eigenvalue weighted by Crippen LogP contribution is -2.17. The number of anilines is 6. The molecule has 0 radical (unpaired) electrons. The highest BCUT2D eigenvalue weighted by Crippen LogP contribution is 2.53. The van der Waals surface area contributed by atoms with Crippen molar-refractivity contribution in [3.8, 4) is 22.3 Å². The van der Waals surface area contributed by atoms with Gasteiger partial charge in [0.25, 0.3) is 0 Å². The van der Waals surface area contributed by atoms with E-state index in [9.17, 15) is 35.1 Å². The molecule has 0 unspecified atom stereocenters. The topological polar surface area (TPSA) is 24.9 Å². The van der Waals surface area contributed by atoms with Gasteiger partial charge in [0.1, 0.15) is 0 Å². The first kappa shape index (κ1) is 39.9. The molecular weight excluding hydrogens is 924 g/mol. The average Bonchev–Trinajstić information content (AvgIpc) is 3.53. The number of alkyl halides is 8. The van der Waals surface area contributed by atoms with E-state index in [0.29, 0.717) is 33.9 Å². The molecule has 0 atom stereocenters. The molecule has 2 aliphatic rings. The molecular formula is C46H26Br2F8N2O2. The Balaban J connectivity index is 1.15. The molecule has 0 aromatic heterocycles. The summed E-state index contributed by atoms with van der Waals surface area (Å²) in [6.45, 7) is 0. The fourth-order valence-electron chi connectivity index (χ4n) is 7.47. The first-order valence-electron chi connectivity index (χ1n) is 18.1. The molecule has 0 fully saturated rings. The number of fused-ring (bicyclic) bond motifs is 2. The third-order valence-corrected chi connectivity index (χ3v) is 11.3. The molecule has 0 aliphatic carbocycles. The van der Waals surface area contributed by atoms with Crippen molar-refractivity contribution in [1.82, 2.24) is 0 Å². The Morgan fingerprint density at radius 2 is 0.633 bits per heavy atom. The molecule has 9 rings (SSSR count). The Morgan fingerprint density at radius 3 is 1.02 bits per heavy atom. The lowest BCUT2D eigenvalue weighted by atomic mass is 9.98. The molecule has 0 bridgehead atoms. The van der Waals surface area contributed by atoms with E-state index in [1.807, 2.05) is 94.7 Å². The van der Waals surface area contributed by atoms with Crippen molar-refractivity contribution in [2.24, 2.45) is 0 Å². The van der Waals surface area contributed by atoms with Gasteiger partial charge in [0.2, 0.25) is 0 Å². The van der Waals surface area contributed by atoms with Crippen LogP contribution in [0.5, 0.6) is 0 Å². The van der Waals surface area contributed by atoms with Gasteiger partial charge in [-0.15, -0.1) is 0 Å². The molecule has 2 aliphatic heterocycles. The van der Waals surface area contributed by atoms with Crippen LogP contribution in [0.1, 0.15) is 22.3 Å². The summed E-state index contributed by atoms with van der Waals surface area (Å²) < 4.78 is 125. The Bertz CT molecular complexity index is 2600. The summed E-state index contributed by atoms with van der Waals surface area (Å²) in [7, 11) is 0. The van der Waals surface area contributed by atoms with Crippen molar-refractivity contribution in [2.75, 3.05) is 9.80 Å². The number of halogens is 10. The normalized spacial score (nSPS) is 16.6. The van der Waals surface area contributed by atoms with Gasteiger partial charge in [-0.1, -0.05) is 74.3 Å². The summed E-state index contributed by atoms with van der Waals surface area (Å²) in [5, 5.41) is 0. The third-order valence-electron chi connectivity index (χ3n) is 10.2. The highest BCUT2D eigenvalue weighted by molar-refractivity contribution is 9.10. The summed E-state index contributed by atoms with van der Waals surface area (Å²) in [6, 6.07) is 43.2. The van der Waals surface area contributed by atoms with Crippen LogP contribution in [-0.4, -0.2) is 0 Å². The van der Waals surface area contributed by atoms with Crippen LogP contribution in [-0.2, 0) is 33.9 Å². The highest BCUT2D eigenvalue weighted by atomic mass is 79.9. The fraction of sp³-hybridized carbons (Fsp3) is 0.0870. The molecule has 2 heterocycles. The second-order valence-corrected chi connectivity index (χ2v) is 15.9. The van der Waals surface area contributed by atoms with Crippen molar-refractivity contribution in [3.63, 3.8) is 0 Å². The van der Waals surface area contributed by atoms with Gasteiger partial charge in [0.05, 0.1) is 22.3 Å². The van der Waals surface area contributed by atoms with Gasteiger partial charge in [0, 0.05) is 43.1 Å². The second-order valence-electron chi connectivity index (χ2n) is 14.0. The number of ether oxygens (including phenoxy) is 2. The predicted molar refractivity (Wildman–Crippen MR) is 220 cm³/mol. The second kappa shape index (κ2) is 14.6. The van der Waals surface area contributed by atoms with Crippen LogP contribution in [0.25, 0.3) is 22.3 Å². The largest absolute Gasteiger partial charge is 0.388 e. The molecule has 0 saturated carbocycles. The standard InChI is InChI=1S/C46H26Br2F8N2O2/c47-31-12-16-33(17-13-31)57(35-6-1-4-27(22-35)29-10-20-39-41(24-29)45(53,54)59-43(39,49)50)37-8-3-9-38(26-37)58(34-18-14-32(48)15-19-34)36-7-2-5-28(23-36)30-11-21-40-42(25-30)46(55,56)60-44(40,51)52/h1-26H. The molecule has 0 amide bonds. The molecule has 302 valence electrons.